The van der Waals surface area contributed by atoms with E-state index in [0.717, 1.165) is 37.0 Å². The highest BCUT2D eigenvalue weighted by Crippen LogP contribution is 2.57. The van der Waals surface area contributed by atoms with Crippen LogP contribution in [0.4, 0.5) is 0 Å². The van der Waals surface area contributed by atoms with Gasteiger partial charge in [-0.25, -0.2) is 0 Å². The summed E-state index contributed by atoms with van der Waals surface area (Å²) in [5.74, 6) is 0. The quantitative estimate of drug-likeness (QED) is 0.760. The molecule has 0 saturated carbocycles. The maximum atomic E-state index is 12.4. The monoisotopic (exact) mass is 392 g/mol. The number of benzene rings is 2. The van der Waals surface area contributed by atoms with Crippen LogP contribution in [0.3, 0.4) is 0 Å². The Morgan fingerprint density at radius 1 is 0.862 bits per heavy atom. The van der Waals surface area contributed by atoms with E-state index in [1.54, 1.807) is 0 Å². The second-order valence-corrected chi connectivity index (χ2v) is 9.66. The van der Waals surface area contributed by atoms with E-state index in [1.165, 1.54) is 49.9 Å². The zero-order chi connectivity index (χ0) is 19.8. The zero-order valence-electron chi connectivity index (χ0n) is 17.4. The van der Waals surface area contributed by atoms with Crippen LogP contribution in [-0.2, 0) is 10.3 Å². The van der Waals surface area contributed by atoms with Crippen molar-refractivity contribution in [2.75, 3.05) is 32.8 Å². The van der Waals surface area contributed by atoms with Crippen LogP contribution in [-0.4, -0.2) is 48.5 Å². The predicted molar refractivity (Wildman–Crippen MR) is 115 cm³/mol. The fourth-order valence-electron chi connectivity index (χ4n) is 6.40. The first-order valence-electron chi connectivity index (χ1n) is 11.5. The molecule has 4 aliphatic heterocycles. The van der Waals surface area contributed by atoms with Crippen LogP contribution in [0.2, 0.25) is 0 Å². The molecule has 1 atom stereocenters. The van der Waals surface area contributed by atoms with Gasteiger partial charge < -0.3 is 14.3 Å². The number of hydrogen-bond donors (Lipinski definition) is 1. The molecule has 154 valence electrons. The van der Waals surface area contributed by atoms with Gasteiger partial charge in [-0.1, -0.05) is 60.7 Å². The fraction of sp³-hybridized carbons (Fsp3) is 0.538. The molecule has 0 amide bonds. The smallest absolute Gasteiger partial charge is 0.121 e. The van der Waals surface area contributed by atoms with Crippen molar-refractivity contribution in [3.05, 3.63) is 71.8 Å². The second-order valence-electron chi connectivity index (χ2n) is 9.66. The average Bonchev–Trinajstić information content (AvgIpc) is 2.81. The van der Waals surface area contributed by atoms with Gasteiger partial charge in [-0.3, -0.25) is 0 Å². The molecule has 0 radical (unpaired) electrons. The molecule has 3 heteroatoms. The topological polar surface area (TPSA) is 29.5 Å². The van der Waals surface area contributed by atoms with Crippen LogP contribution in [0.5, 0.6) is 0 Å². The third-order valence-electron chi connectivity index (χ3n) is 8.21. The van der Waals surface area contributed by atoms with Crippen molar-refractivity contribution in [2.45, 2.75) is 50.2 Å². The summed E-state index contributed by atoms with van der Waals surface area (Å²) >= 11 is 0. The van der Waals surface area contributed by atoms with E-state index in [2.05, 4.69) is 48.5 Å². The molecule has 2 bridgehead atoms. The lowest BCUT2D eigenvalue weighted by Gasteiger charge is -2.60. The summed E-state index contributed by atoms with van der Waals surface area (Å²) in [6.45, 7) is 5.62. The van der Waals surface area contributed by atoms with E-state index in [4.69, 9.17) is 4.74 Å². The van der Waals surface area contributed by atoms with Crippen LogP contribution in [0.15, 0.2) is 60.7 Å². The number of piperidine rings is 3. The fourth-order valence-corrected chi connectivity index (χ4v) is 6.40. The van der Waals surface area contributed by atoms with Gasteiger partial charge in [0.15, 0.2) is 0 Å². The summed E-state index contributed by atoms with van der Waals surface area (Å²) in [6, 6.07) is 20.8. The van der Waals surface area contributed by atoms with E-state index in [0.29, 0.717) is 6.10 Å². The molecule has 2 aromatic carbocycles. The van der Waals surface area contributed by atoms with Crippen LogP contribution in [0, 0.1) is 5.41 Å². The molecule has 1 unspecified atom stereocenters. The minimum Gasteiger partial charge on any atom is -0.380 e. The lowest BCUT2D eigenvalue weighted by Crippen LogP contribution is -2.68. The number of ether oxygens (including phenoxy) is 1. The van der Waals surface area contributed by atoms with Crippen LogP contribution < -0.4 is 0 Å². The molecule has 3 nitrogen and oxygen atoms in total. The first-order chi connectivity index (χ1) is 14.2. The Labute approximate surface area is 174 Å². The SMILES string of the molecule is OC(c1ccccc1)(c1ccccc1)C12CC[N+](CC3CCCCO3)(CC1)CC2. The van der Waals surface area contributed by atoms with E-state index in [9.17, 15) is 5.11 Å². The molecule has 4 fully saturated rings. The van der Waals surface area contributed by atoms with E-state index in [1.807, 2.05) is 12.1 Å². The molecule has 29 heavy (non-hydrogen) atoms. The van der Waals surface area contributed by atoms with Gasteiger partial charge in [0.05, 0.1) is 19.6 Å². The maximum Gasteiger partial charge on any atom is 0.121 e. The normalized spacial score (nSPS) is 32.2. The first-order valence-corrected chi connectivity index (χ1v) is 11.5. The summed E-state index contributed by atoms with van der Waals surface area (Å²) in [5, 5.41) is 12.4. The van der Waals surface area contributed by atoms with Gasteiger partial charge in [-0.05, 0) is 30.4 Å². The van der Waals surface area contributed by atoms with Gasteiger partial charge in [0.25, 0.3) is 0 Å². The molecular formula is C26H34NO2+. The number of fused-ring (bicyclic) bond motifs is 3. The van der Waals surface area contributed by atoms with E-state index >= 15 is 0 Å². The molecule has 0 spiro atoms. The lowest BCUT2D eigenvalue weighted by atomic mass is 9.56. The third-order valence-corrected chi connectivity index (χ3v) is 8.21. The molecule has 4 heterocycles. The Morgan fingerprint density at radius 2 is 1.41 bits per heavy atom. The van der Waals surface area contributed by atoms with Crippen molar-refractivity contribution in [1.82, 2.24) is 0 Å². The van der Waals surface area contributed by atoms with E-state index in [-0.39, 0.29) is 5.41 Å². The molecule has 0 aromatic heterocycles. The number of hydrogen-bond acceptors (Lipinski definition) is 2. The molecular weight excluding hydrogens is 358 g/mol. The van der Waals surface area contributed by atoms with Gasteiger partial charge in [0.2, 0.25) is 0 Å². The minimum absolute atomic E-state index is 0.0802. The number of rotatable bonds is 5. The largest absolute Gasteiger partial charge is 0.380 e. The summed E-state index contributed by atoms with van der Waals surface area (Å²) < 4.78 is 7.29. The maximum absolute atomic E-state index is 12.4. The van der Waals surface area contributed by atoms with Crippen molar-refractivity contribution in [3.63, 3.8) is 0 Å². The predicted octanol–water partition coefficient (Wildman–Crippen LogP) is 4.49. The highest BCUT2D eigenvalue weighted by atomic mass is 16.5. The van der Waals surface area contributed by atoms with Crippen molar-refractivity contribution in [1.29, 1.82) is 0 Å². The van der Waals surface area contributed by atoms with Crippen LogP contribution >= 0.6 is 0 Å². The highest BCUT2D eigenvalue weighted by molar-refractivity contribution is 5.39. The minimum atomic E-state index is -0.923. The van der Waals surface area contributed by atoms with Crippen molar-refractivity contribution >= 4 is 0 Å². The van der Waals surface area contributed by atoms with Crippen molar-refractivity contribution < 1.29 is 14.3 Å². The molecule has 1 N–H and O–H groups in total. The summed E-state index contributed by atoms with van der Waals surface area (Å²) in [5.41, 5.74) is 1.09. The summed E-state index contributed by atoms with van der Waals surface area (Å²) in [6.07, 6.45) is 7.46. The first kappa shape index (κ1) is 19.3. The number of aliphatic hydroxyl groups is 1. The summed E-state index contributed by atoms with van der Waals surface area (Å²) in [7, 11) is 0. The van der Waals surface area contributed by atoms with Gasteiger partial charge >= 0.3 is 0 Å². The molecule has 4 aliphatic rings. The molecule has 4 saturated heterocycles. The third kappa shape index (κ3) is 3.24. The molecule has 0 aliphatic carbocycles. The standard InChI is InChI=1S/C26H34NO2/c28-26(22-9-3-1-4-10-22,23-11-5-2-6-12-23)25-14-17-27(18-15-25,19-16-25)21-24-13-7-8-20-29-24/h1-6,9-12,24,28H,7-8,13-21H2/q+1. The van der Waals surface area contributed by atoms with Gasteiger partial charge in [0.1, 0.15) is 18.2 Å². The number of quaternary nitrogens is 1. The second kappa shape index (κ2) is 7.54. The van der Waals surface area contributed by atoms with Crippen molar-refractivity contribution in [3.8, 4) is 0 Å². The van der Waals surface area contributed by atoms with Crippen LogP contribution in [0.25, 0.3) is 0 Å². The number of nitrogens with zero attached hydrogens (tertiary/aromatic N) is 1. The lowest BCUT2D eigenvalue weighted by molar-refractivity contribution is -0.949. The Balaban J connectivity index is 1.45. The average molecular weight is 393 g/mol. The van der Waals surface area contributed by atoms with Gasteiger partial charge in [0, 0.05) is 31.3 Å². The zero-order valence-corrected chi connectivity index (χ0v) is 17.4. The van der Waals surface area contributed by atoms with Crippen LogP contribution in [0.1, 0.15) is 49.7 Å². The van der Waals surface area contributed by atoms with Gasteiger partial charge in [-0.2, -0.15) is 0 Å². The van der Waals surface area contributed by atoms with Gasteiger partial charge in [-0.15, -0.1) is 0 Å². The Morgan fingerprint density at radius 3 is 1.90 bits per heavy atom. The Kier molecular flexibility index (Phi) is 5.01. The molecule has 6 rings (SSSR count). The summed E-state index contributed by atoms with van der Waals surface area (Å²) in [4.78, 5) is 0. The highest BCUT2D eigenvalue weighted by Gasteiger charge is 2.60. The Bertz CT molecular complexity index is 749. The molecule has 2 aromatic rings. The Hall–Kier alpha value is -1.68. The van der Waals surface area contributed by atoms with Crippen molar-refractivity contribution in [2.24, 2.45) is 5.41 Å². The van der Waals surface area contributed by atoms with E-state index < -0.39 is 5.60 Å².